The Bertz CT molecular complexity index is 2890. The van der Waals surface area contributed by atoms with Crippen LogP contribution in [0.4, 0.5) is 51.2 Å². The van der Waals surface area contributed by atoms with Gasteiger partial charge in [-0.3, -0.25) is 0 Å². The summed E-state index contributed by atoms with van der Waals surface area (Å²) in [5, 5.41) is 0. The summed E-state index contributed by atoms with van der Waals surface area (Å²) < 4.78 is 21.7. The number of anilines is 9. The summed E-state index contributed by atoms with van der Waals surface area (Å²) in [7, 11) is 0. The SMILES string of the molecule is Cc1c2c(cc3c1N(c1ccccc1)c1cccc4c1B3Oc1ccccc1N4c1ccccc1)B1Oc3ccccc3N(c3ccccc3)c3cccc(c31)O2. The maximum Gasteiger partial charge on any atom is 0.436 e. The molecule has 0 fully saturated rings. The van der Waals surface area contributed by atoms with Crippen molar-refractivity contribution in [1.82, 2.24) is 0 Å². The molecule has 0 N–H and O–H groups in total. The molecule has 0 radical (unpaired) electrons. The van der Waals surface area contributed by atoms with E-state index >= 15 is 0 Å². The Kier molecular flexibility index (Phi) is 6.93. The average Bonchev–Trinajstić information content (AvgIpc) is 3.51. The highest BCUT2D eigenvalue weighted by atomic mass is 16.5. The van der Waals surface area contributed by atoms with Gasteiger partial charge in [-0.25, -0.2) is 0 Å². The van der Waals surface area contributed by atoms with Gasteiger partial charge in [0.1, 0.15) is 23.0 Å². The van der Waals surface area contributed by atoms with Crippen molar-refractivity contribution in [3.05, 3.63) is 188 Å². The monoisotopic (exact) mass is 733 g/mol. The fourth-order valence-electron chi connectivity index (χ4n) is 9.29. The first-order chi connectivity index (χ1) is 28.2. The van der Waals surface area contributed by atoms with E-state index in [1.807, 2.05) is 12.1 Å². The van der Waals surface area contributed by atoms with Crippen LogP contribution in [-0.4, -0.2) is 13.8 Å². The molecule has 8 aromatic rings. The van der Waals surface area contributed by atoms with E-state index in [-0.39, 0.29) is 0 Å². The number of hydrogen-bond donors (Lipinski definition) is 0. The molecule has 4 aliphatic rings. The molecule has 0 unspecified atom stereocenters. The standard InChI is InChI=1S/C49H33B2N3O3/c1-32-48-36(31-37-49(32)55-45-30-16-27-42-47(45)51(37)57-44-29-14-12-24-39(44)53(42)34-19-7-3-8-20-34)50-46-40(25-15-26-41(46)54(48)35-21-9-4-10-22-35)52(33-17-5-2-6-18-33)38-23-11-13-28-43(38)56-50/h2-31H,1H3. The summed E-state index contributed by atoms with van der Waals surface area (Å²) in [5.74, 6) is 3.19. The van der Waals surface area contributed by atoms with Crippen LogP contribution in [0, 0.1) is 6.92 Å². The van der Waals surface area contributed by atoms with Crippen LogP contribution in [-0.2, 0) is 0 Å². The molecule has 57 heavy (non-hydrogen) atoms. The Morgan fingerprint density at radius 3 is 1.39 bits per heavy atom. The van der Waals surface area contributed by atoms with Crippen molar-refractivity contribution in [3.8, 4) is 23.0 Å². The summed E-state index contributed by atoms with van der Waals surface area (Å²) in [6.45, 7) is 1.28. The summed E-state index contributed by atoms with van der Waals surface area (Å²) >= 11 is 0. The zero-order valence-corrected chi connectivity index (χ0v) is 31.0. The normalized spacial score (nSPS) is 13.9. The van der Waals surface area contributed by atoms with E-state index in [2.05, 4.69) is 191 Å². The number of ether oxygens (including phenoxy) is 1. The molecule has 0 saturated carbocycles. The van der Waals surface area contributed by atoms with Crippen molar-refractivity contribution in [3.63, 3.8) is 0 Å². The lowest BCUT2D eigenvalue weighted by Gasteiger charge is -2.40. The number of rotatable bonds is 3. The van der Waals surface area contributed by atoms with Gasteiger partial charge in [-0.2, -0.15) is 0 Å². The molecule has 12 rings (SSSR count). The third-order valence-corrected chi connectivity index (χ3v) is 11.6. The van der Waals surface area contributed by atoms with E-state index in [0.29, 0.717) is 0 Å². The molecule has 0 bridgehead atoms. The first kappa shape index (κ1) is 32.0. The molecule has 0 aliphatic carbocycles. The summed E-state index contributed by atoms with van der Waals surface area (Å²) in [6, 6.07) is 63.6. The average molecular weight is 733 g/mol. The van der Waals surface area contributed by atoms with Gasteiger partial charge >= 0.3 is 13.8 Å². The quantitative estimate of drug-likeness (QED) is 0.169. The lowest BCUT2D eigenvalue weighted by molar-refractivity contribution is 0.478. The topological polar surface area (TPSA) is 37.4 Å². The lowest BCUT2D eigenvalue weighted by Crippen LogP contribution is -2.58. The molecule has 0 atom stereocenters. The maximum absolute atomic E-state index is 7.35. The van der Waals surface area contributed by atoms with Gasteiger partial charge in [-0.05, 0) is 97.3 Å². The van der Waals surface area contributed by atoms with Crippen LogP contribution < -0.4 is 50.6 Å². The second-order valence-corrected chi connectivity index (χ2v) is 14.8. The number of para-hydroxylation sites is 7. The molecule has 4 heterocycles. The summed E-state index contributed by atoms with van der Waals surface area (Å²) in [5.41, 5.74) is 14.4. The van der Waals surface area contributed by atoms with Crippen molar-refractivity contribution in [2.75, 3.05) is 14.7 Å². The molecular weight excluding hydrogens is 700 g/mol. The highest BCUT2D eigenvalue weighted by molar-refractivity contribution is 6.88. The van der Waals surface area contributed by atoms with Crippen LogP contribution in [0.15, 0.2) is 182 Å². The zero-order chi connectivity index (χ0) is 37.6. The van der Waals surface area contributed by atoms with Gasteiger partial charge in [-0.1, -0.05) is 97.1 Å². The van der Waals surface area contributed by atoms with E-state index < -0.39 is 13.8 Å². The second-order valence-electron chi connectivity index (χ2n) is 14.8. The zero-order valence-electron chi connectivity index (χ0n) is 31.0. The van der Waals surface area contributed by atoms with E-state index in [0.717, 1.165) is 102 Å². The third-order valence-electron chi connectivity index (χ3n) is 11.6. The predicted octanol–water partition coefficient (Wildman–Crippen LogP) is 9.82. The summed E-state index contributed by atoms with van der Waals surface area (Å²) in [6.07, 6.45) is 0. The minimum atomic E-state index is -0.459. The van der Waals surface area contributed by atoms with Gasteiger partial charge in [0.05, 0.1) is 17.1 Å². The van der Waals surface area contributed by atoms with Crippen LogP contribution in [0.2, 0.25) is 0 Å². The van der Waals surface area contributed by atoms with Crippen LogP contribution in [0.5, 0.6) is 23.0 Å². The number of hydrogen-bond acceptors (Lipinski definition) is 6. The first-order valence-corrected chi connectivity index (χ1v) is 19.4. The van der Waals surface area contributed by atoms with Gasteiger partial charge in [0.15, 0.2) is 0 Å². The van der Waals surface area contributed by atoms with Crippen molar-refractivity contribution in [1.29, 1.82) is 0 Å². The molecular formula is C49H33B2N3O3. The largest absolute Gasteiger partial charge is 0.550 e. The maximum atomic E-state index is 7.35. The van der Waals surface area contributed by atoms with Crippen LogP contribution in [0.1, 0.15) is 5.56 Å². The van der Waals surface area contributed by atoms with E-state index in [1.165, 1.54) is 0 Å². The van der Waals surface area contributed by atoms with E-state index in [9.17, 15) is 0 Å². The molecule has 8 aromatic carbocycles. The van der Waals surface area contributed by atoms with Crippen LogP contribution in [0.25, 0.3) is 0 Å². The van der Waals surface area contributed by atoms with E-state index in [4.69, 9.17) is 14.0 Å². The molecule has 0 aromatic heterocycles. The van der Waals surface area contributed by atoms with Crippen molar-refractivity contribution in [2.24, 2.45) is 0 Å². The minimum Gasteiger partial charge on any atom is -0.550 e. The Morgan fingerprint density at radius 1 is 0.386 bits per heavy atom. The Balaban J connectivity index is 1.14. The fourth-order valence-corrected chi connectivity index (χ4v) is 9.29. The van der Waals surface area contributed by atoms with Gasteiger partial charge in [0.2, 0.25) is 0 Å². The number of nitrogens with zero attached hydrogens (tertiary/aromatic N) is 3. The molecule has 0 saturated heterocycles. The smallest absolute Gasteiger partial charge is 0.436 e. The Hall–Kier alpha value is -7.31. The van der Waals surface area contributed by atoms with Gasteiger partial charge in [0.25, 0.3) is 0 Å². The molecule has 0 spiro atoms. The van der Waals surface area contributed by atoms with Gasteiger partial charge in [-0.15, -0.1) is 0 Å². The molecule has 8 heteroatoms. The number of fused-ring (bicyclic) bond motifs is 6. The number of benzene rings is 8. The van der Waals surface area contributed by atoms with Gasteiger partial charge < -0.3 is 28.7 Å². The molecule has 268 valence electrons. The fraction of sp³-hybridized carbons (Fsp3) is 0.0204. The summed E-state index contributed by atoms with van der Waals surface area (Å²) in [4.78, 5) is 7.01. The molecule has 6 nitrogen and oxygen atoms in total. The highest BCUT2D eigenvalue weighted by Gasteiger charge is 2.48. The van der Waals surface area contributed by atoms with Crippen molar-refractivity contribution >= 4 is 86.9 Å². The first-order valence-electron chi connectivity index (χ1n) is 19.4. The van der Waals surface area contributed by atoms with Crippen LogP contribution >= 0.6 is 0 Å². The van der Waals surface area contributed by atoms with Crippen LogP contribution in [0.3, 0.4) is 0 Å². The van der Waals surface area contributed by atoms with Crippen molar-refractivity contribution in [2.45, 2.75) is 6.92 Å². The second kappa shape index (κ2) is 12.4. The highest BCUT2D eigenvalue weighted by Crippen LogP contribution is 2.49. The van der Waals surface area contributed by atoms with E-state index in [1.54, 1.807) is 0 Å². The predicted molar refractivity (Wildman–Crippen MR) is 233 cm³/mol. The Labute approximate surface area is 332 Å². The van der Waals surface area contributed by atoms with Gasteiger partial charge in [0, 0.05) is 56.1 Å². The third kappa shape index (κ3) is 4.67. The minimum absolute atomic E-state index is 0.444. The lowest BCUT2D eigenvalue weighted by atomic mass is 9.47. The molecule has 4 aliphatic heterocycles. The van der Waals surface area contributed by atoms with Crippen molar-refractivity contribution < 1.29 is 14.0 Å². The molecule has 0 amide bonds. The Morgan fingerprint density at radius 2 is 0.807 bits per heavy atom.